The van der Waals surface area contributed by atoms with Crippen LogP contribution in [-0.4, -0.2) is 15.3 Å². The zero-order chi connectivity index (χ0) is 15.5. The van der Waals surface area contributed by atoms with E-state index < -0.39 is 0 Å². The lowest BCUT2D eigenvalue weighted by Crippen LogP contribution is -2.35. The molecule has 114 valence electrons. The fourth-order valence-corrected chi connectivity index (χ4v) is 2.25. The number of aryl methyl sites for hydroxylation is 2. The van der Waals surface area contributed by atoms with E-state index in [-0.39, 0.29) is 5.54 Å². The minimum absolute atomic E-state index is 0.145. The fourth-order valence-electron chi connectivity index (χ4n) is 2.25. The fraction of sp³-hybridized carbons (Fsp3) is 0.500. The van der Waals surface area contributed by atoms with Gasteiger partial charge in [-0.2, -0.15) is 5.10 Å². The molecule has 0 atom stereocenters. The second-order valence-electron chi connectivity index (χ2n) is 6.52. The van der Waals surface area contributed by atoms with E-state index in [1.807, 2.05) is 0 Å². The Morgan fingerprint density at radius 2 is 1.71 bits per heavy atom. The van der Waals surface area contributed by atoms with Crippen LogP contribution in [0.5, 0.6) is 0 Å². The largest absolute Gasteiger partial charge is 0.308 e. The Bertz CT molecular complexity index is 574. The van der Waals surface area contributed by atoms with Crippen LogP contribution >= 0.6 is 0 Å². The third-order valence-electron chi connectivity index (χ3n) is 3.56. The highest BCUT2D eigenvalue weighted by molar-refractivity contribution is 5.36. The standard InChI is InChI=1S/C18H27N3/c1-6-15-12-16(7-2)21(20-15)17-10-8-14(9-11-17)13-19-18(3,4)5/h8-12,19H,6-7,13H2,1-5H3. The van der Waals surface area contributed by atoms with Crippen LogP contribution in [0.2, 0.25) is 0 Å². The van der Waals surface area contributed by atoms with Gasteiger partial charge in [0.05, 0.1) is 11.4 Å². The van der Waals surface area contributed by atoms with Crippen molar-refractivity contribution in [3.63, 3.8) is 0 Å². The van der Waals surface area contributed by atoms with Crippen molar-refractivity contribution in [3.05, 3.63) is 47.3 Å². The molecule has 0 aliphatic rings. The Morgan fingerprint density at radius 1 is 1.05 bits per heavy atom. The molecule has 3 nitrogen and oxygen atoms in total. The van der Waals surface area contributed by atoms with E-state index in [1.165, 1.54) is 11.3 Å². The topological polar surface area (TPSA) is 29.9 Å². The molecule has 0 spiro atoms. The van der Waals surface area contributed by atoms with Gasteiger partial charge in [0, 0.05) is 17.8 Å². The van der Waals surface area contributed by atoms with Crippen LogP contribution in [0.4, 0.5) is 0 Å². The number of aromatic nitrogens is 2. The molecule has 3 heteroatoms. The SMILES string of the molecule is CCc1cc(CC)n(-c2ccc(CNC(C)(C)C)cc2)n1. The van der Waals surface area contributed by atoms with Crippen LogP contribution in [0.25, 0.3) is 5.69 Å². The summed E-state index contributed by atoms with van der Waals surface area (Å²) in [5.41, 5.74) is 5.02. The average Bonchev–Trinajstić information content (AvgIpc) is 2.88. The first-order valence-corrected chi connectivity index (χ1v) is 7.85. The molecule has 0 saturated carbocycles. The van der Waals surface area contributed by atoms with Crippen molar-refractivity contribution >= 4 is 0 Å². The molecule has 2 rings (SSSR count). The van der Waals surface area contributed by atoms with Crippen molar-refractivity contribution in [2.45, 2.75) is 59.5 Å². The van der Waals surface area contributed by atoms with E-state index in [9.17, 15) is 0 Å². The Kier molecular flexibility index (Phi) is 4.84. The maximum Gasteiger partial charge on any atom is 0.0649 e. The van der Waals surface area contributed by atoms with E-state index in [4.69, 9.17) is 0 Å². The lowest BCUT2D eigenvalue weighted by Gasteiger charge is -2.20. The summed E-state index contributed by atoms with van der Waals surface area (Å²) in [7, 11) is 0. The van der Waals surface area contributed by atoms with E-state index in [0.717, 1.165) is 30.8 Å². The van der Waals surface area contributed by atoms with Crippen molar-refractivity contribution in [1.29, 1.82) is 0 Å². The minimum Gasteiger partial charge on any atom is -0.308 e. The Balaban J connectivity index is 2.17. The van der Waals surface area contributed by atoms with E-state index in [1.54, 1.807) is 0 Å². The molecule has 1 aromatic heterocycles. The van der Waals surface area contributed by atoms with Crippen molar-refractivity contribution in [1.82, 2.24) is 15.1 Å². The number of hydrogen-bond acceptors (Lipinski definition) is 2. The molecule has 1 N–H and O–H groups in total. The molecule has 0 aliphatic heterocycles. The number of nitrogens with zero attached hydrogens (tertiary/aromatic N) is 2. The molecular weight excluding hydrogens is 258 g/mol. The normalized spacial score (nSPS) is 11.9. The molecule has 0 radical (unpaired) electrons. The summed E-state index contributed by atoms with van der Waals surface area (Å²) >= 11 is 0. The van der Waals surface area contributed by atoms with Gasteiger partial charge in [0.25, 0.3) is 0 Å². The molecule has 1 heterocycles. The van der Waals surface area contributed by atoms with Crippen LogP contribution in [-0.2, 0) is 19.4 Å². The van der Waals surface area contributed by atoms with Crippen LogP contribution in [0, 0.1) is 0 Å². The smallest absolute Gasteiger partial charge is 0.0649 e. The third kappa shape index (κ3) is 4.18. The Morgan fingerprint density at radius 3 is 2.24 bits per heavy atom. The molecule has 21 heavy (non-hydrogen) atoms. The van der Waals surface area contributed by atoms with Gasteiger partial charge in [0.2, 0.25) is 0 Å². The Labute approximate surface area is 128 Å². The summed E-state index contributed by atoms with van der Waals surface area (Å²) in [6.45, 7) is 11.8. The van der Waals surface area contributed by atoms with Gasteiger partial charge in [-0.05, 0) is 57.4 Å². The minimum atomic E-state index is 0.145. The van der Waals surface area contributed by atoms with Crippen LogP contribution < -0.4 is 5.32 Å². The predicted octanol–water partition coefficient (Wildman–Crippen LogP) is 3.89. The van der Waals surface area contributed by atoms with Gasteiger partial charge in [-0.25, -0.2) is 4.68 Å². The van der Waals surface area contributed by atoms with Crippen molar-refractivity contribution in [2.75, 3.05) is 0 Å². The van der Waals surface area contributed by atoms with Crippen LogP contribution in [0.3, 0.4) is 0 Å². The quantitative estimate of drug-likeness (QED) is 0.903. The lowest BCUT2D eigenvalue weighted by molar-refractivity contribution is 0.424. The maximum atomic E-state index is 4.69. The van der Waals surface area contributed by atoms with Crippen molar-refractivity contribution in [2.24, 2.45) is 0 Å². The molecular formula is C18H27N3. The van der Waals surface area contributed by atoms with Crippen LogP contribution in [0.1, 0.15) is 51.6 Å². The number of rotatable bonds is 5. The summed E-state index contributed by atoms with van der Waals surface area (Å²) in [5, 5.41) is 8.20. The van der Waals surface area contributed by atoms with E-state index in [0.29, 0.717) is 0 Å². The van der Waals surface area contributed by atoms with Crippen molar-refractivity contribution < 1.29 is 0 Å². The molecule has 1 aromatic carbocycles. The number of nitrogens with one attached hydrogen (secondary N) is 1. The average molecular weight is 285 g/mol. The first kappa shape index (κ1) is 15.8. The first-order chi connectivity index (χ1) is 9.93. The monoisotopic (exact) mass is 285 g/mol. The highest BCUT2D eigenvalue weighted by Crippen LogP contribution is 2.15. The van der Waals surface area contributed by atoms with E-state index >= 15 is 0 Å². The molecule has 0 saturated heterocycles. The summed E-state index contributed by atoms with van der Waals surface area (Å²) in [6.07, 6.45) is 1.98. The second kappa shape index (κ2) is 6.44. The third-order valence-corrected chi connectivity index (χ3v) is 3.56. The molecule has 0 bridgehead atoms. The predicted molar refractivity (Wildman–Crippen MR) is 88.9 cm³/mol. The number of hydrogen-bond donors (Lipinski definition) is 1. The van der Waals surface area contributed by atoms with Gasteiger partial charge < -0.3 is 5.32 Å². The Hall–Kier alpha value is -1.61. The highest BCUT2D eigenvalue weighted by Gasteiger charge is 2.09. The zero-order valence-corrected chi connectivity index (χ0v) is 13.9. The molecule has 2 aromatic rings. The van der Waals surface area contributed by atoms with Gasteiger partial charge in [-0.3, -0.25) is 0 Å². The van der Waals surface area contributed by atoms with Gasteiger partial charge in [-0.1, -0.05) is 26.0 Å². The lowest BCUT2D eigenvalue weighted by atomic mass is 10.1. The van der Waals surface area contributed by atoms with Gasteiger partial charge in [-0.15, -0.1) is 0 Å². The summed E-state index contributed by atoms with van der Waals surface area (Å²) < 4.78 is 2.07. The zero-order valence-electron chi connectivity index (χ0n) is 13.9. The maximum absolute atomic E-state index is 4.69. The van der Waals surface area contributed by atoms with Gasteiger partial charge >= 0.3 is 0 Å². The second-order valence-corrected chi connectivity index (χ2v) is 6.52. The summed E-state index contributed by atoms with van der Waals surface area (Å²) in [4.78, 5) is 0. The first-order valence-electron chi connectivity index (χ1n) is 7.85. The molecule has 0 aliphatic carbocycles. The summed E-state index contributed by atoms with van der Waals surface area (Å²) in [6, 6.07) is 10.9. The van der Waals surface area contributed by atoms with Gasteiger partial charge in [0.1, 0.15) is 0 Å². The highest BCUT2D eigenvalue weighted by atomic mass is 15.3. The summed E-state index contributed by atoms with van der Waals surface area (Å²) in [5.74, 6) is 0. The molecule has 0 amide bonds. The molecule has 0 unspecified atom stereocenters. The van der Waals surface area contributed by atoms with Gasteiger partial charge in [0.15, 0.2) is 0 Å². The van der Waals surface area contributed by atoms with E-state index in [2.05, 4.69) is 80.0 Å². The van der Waals surface area contributed by atoms with Crippen LogP contribution in [0.15, 0.2) is 30.3 Å². The molecule has 0 fully saturated rings. The van der Waals surface area contributed by atoms with Crippen molar-refractivity contribution in [3.8, 4) is 5.69 Å². The number of benzene rings is 1.